The zero-order valence-corrected chi connectivity index (χ0v) is 14.1. The largest absolute Gasteiger partial charge is 0.507 e. The number of Topliss-reactive ketones (excluding diaryl/α,β-unsaturated/α-hetero) is 2. The molecule has 2 N–H and O–H groups in total. The van der Waals surface area contributed by atoms with Crippen LogP contribution in [0.15, 0.2) is 52.3 Å². The summed E-state index contributed by atoms with van der Waals surface area (Å²) in [6, 6.07) is 7.48. The molecule has 0 atom stereocenters. The van der Waals surface area contributed by atoms with Gasteiger partial charge in [-0.3, -0.25) is 9.59 Å². The average Bonchev–Trinajstić information content (AvgIpc) is 2.38. The van der Waals surface area contributed by atoms with E-state index >= 15 is 0 Å². The SMILES string of the molecule is CC1(C)CC(=O)C(=C(O)/C=C/Nc2ccc(Br)cc2)C(=O)C1. The van der Waals surface area contributed by atoms with Gasteiger partial charge in [-0.1, -0.05) is 29.8 Å². The minimum atomic E-state index is -0.336. The molecule has 0 radical (unpaired) electrons. The number of carbonyl (C=O) groups is 2. The highest BCUT2D eigenvalue weighted by atomic mass is 79.9. The van der Waals surface area contributed by atoms with Crippen molar-refractivity contribution < 1.29 is 14.7 Å². The quantitative estimate of drug-likeness (QED) is 0.481. The van der Waals surface area contributed by atoms with Gasteiger partial charge in [-0.25, -0.2) is 0 Å². The van der Waals surface area contributed by atoms with Crippen molar-refractivity contribution in [1.29, 1.82) is 0 Å². The molecule has 0 amide bonds. The number of nitrogens with one attached hydrogen (secondary N) is 1. The van der Waals surface area contributed by atoms with Gasteiger partial charge in [0, 0.05) is 29.2 Å². The summed E-state index contributed by atoms with van der Waals surface area (Å²) in [4.78, 5) is 24.1. The van der Waals surface area contributed by atoms with Crippen LogP contribution in [0.5, 0.6) is 0 Å². The Hall–Kier alpha value is -1.88. The molecule has 1 aromatic rings. The van der Waals surface area contributed by atoms with Crippen LogP contribution in [0.3, 0.4) is 0 Å². The van der Waals surface area contributed by atoms with E-state index in [0.29, 0.717) is 0 Å². The van der Waals surface area contributed by atoms with Gasteiger partial charge in [0.15, 0.2) is 11.6 Å². The molecule has 0 saturated heterocycles. The molecule has 1 aliphatic rings. The van der Waals surface area contributed by atoms with E-state index in [1.807, 2.05) is 38.1 Å². The first-order valence-electron chi connectivity index (χ1n) is 6.97. The van der Waals surface area contributed by atoms with Gasteiger partial charge in [0.05, 0.1) is 0 Å². The summed E-state index contributed by atoms with van der Waals surface area (Å²) in [6.45, 7) is 3.75. The number of benzene rings is 1. The van der Waals surface area contributed by atoms with Crippen LogP contribution in [0, 0.1) is 5.41 Å². The third-order valence-electron chi connectivity index (χ3n) is 3.43. The predicted molar refractivity (Wildman–Crippen MR) is 89.6 cm³/mol. The fraction of sp³-hybridized carbons (Fsp3) is 0.294. The molecule has 0 aromatic heterocycles. The Kier molecular flexibility index (Phi) is 4.86. The molecule has 0 spiro atoms. The standard InChI is InChI=1S/C17H18BrNO3/c1-17(2)9-14(21)16(15(22)10-17)13(20)7-8-19-12-5-3-11(18)4-6-12/h3-8,19-20H,9-10H2,1-2H3/b8-7+. The predicted octanol–water partition coefficient (Wildman–Crippen LogP) is 4.15. The van der Waals surface area contributed by atoms with Gasteiger partial charge in [-0.05, 0) is 35.8 Å². The van der Waals surface area contributed by atoms with Crippen molar-refractivity contribution in [2.45, 2.75) is 26.7 Å². The fourth-order valence-corrected chi connectivity index (χ4v) is 2.66. The maximum Gasteiger partial charge on any atom is 0.170 e. The lowest BCUT2D eigenvalue weighted by Gasteiger charge is -2.28. The Labute approximate surface area is 138 Å². The van der Waals surface area contributed by atoms with E-state index in [1.54, 1.807) is 0 Å². The third kappa shape index (κ3) is 4.07. The minimum Gasteiger partial charge on any atom is -0.507 e. The molecular weight excluding hydrogens is 346 g/mol. The number of hydrogen-bond donors (Lipinski definition) is 2. The van der Waals surface area contributed by atoms with Crippen molar-refractivity contribution in [2.75, 3.05) is 5.32 Å². The highest BCUT2D eigenvalue weighted by Crippen LogP contribution is 2.34. The topological polar surface area (TPSA) is 66.4 Å². The summed E-state index contributed by atoms with van der Waals surface area (Å²) in [6.07, 6.45) is 3.38. The third-order valence-corrected chi connectivity index (χ3v) is 3.96. The normalized spacial score (nSPS) is 17.9. The Balaban J connectivity index is 2.11. The van der Waals surface area contributed by atoms with Crippen molar-refractivity contribution in [3.8, 4) is 0 Å². The lowest BCUT2D eigenvalue weighted by molar-refractivity contribution is -0.127. The van der Waals surface area contributed by atoms with Crippen LogP contribution < -0.4 is 5.32 Å². The molecule has 2 rings (SSSR count). The number of aliphatic hydroxyl groups excluding tert-OH is 1. The molecule has 1 fully saturated rings. The summed E-state index contributed by atoms with van der Waals surface area (Å²) in [7, 11) is 0. The van der Waals surface area contributed by atoms with Crippen molar-refractivity contribution in [3.63, 3.8) is 0 Å². The number of carbonyl (C=O) groups excluding carboxylic acids is 2. The van der Waals surface area contributed by atoms with E-state index in [-0.39, 0.29) is 41.2 Å². The number of ketones is 2. The van der Waals surface area contributed by atoms with Crippen LogP contribution in [-0.4, -0.2) is 16.7 Å². The zero-order valence-electron chi connectivity index (χ0n) is 12.5. The first kappa shape index (κ1) is 16.5. The zero-order chi connectivity index (χ0) is 16.3. The van der Waals surface area contributed by atoms with Gasteiger partial charge in [-0.15, -0.1) is 0 Å². The highest BCUT2D eigenvalue weighted by molar-refractivity contribution is 9.10. The number of rotatable bonds is 3. The number of anilines is 1. The first-order valence-corrected chi connectivity index (χ1v) is 7.76. The van der Waals surface area contributed by atoms with Gasteiger partial charge in [0.1, 0.15) is 11.3 Å². The summed E-state index contributed by atoms with van der Waals surface area (Å²) in [5.41, 5.74) is 0.407. The van der Waals surface area contributed by atoms with E-state index in [9.17, 15) is 14.7 Å². The van der Waals surface area contributed by atoms with Crippen LogP contribution in [0.25, 0.3) is 0 Å². The molecule has 0 bridgehead atoms. The minimum absolute atomic E-state index is 0.0896. The van der Waals surface area contributed by atoms with Crippen molar-refractivity contribution in [1.82, 2.24) is 0 Å². The van der Waals surface area contributed by atoms with Crippen LogP contribution in [0.1, 0.15) is 26.7 Å². The summed E-state index contributed by atoms with van der Waals surface area (Å²) in [5, 5.41) is 13.0. The Bertz CT molecular complexity index is 635. The summed E-state index contributed by atoms with van der Waals surface area (Å²) in [5.74, 6) is -0.880. The van der Waals surface area contributed by atoms with Gasteiger partial charge >= 0.3 is 0 Å². The fourth-order valence-electron chi connectivity index (χ4n) is 2.40. The maximum absolute atomic E-state index is 12.0. The Morgan fingerprint density at radius 2 is 1.73 bits per heavy atom. The molecule has 116 valence electrons. The van der Waals surface area contributed by atoms with Crippen LogP contribution in [-0.2, 0) is 9.59 Å². The molecule has 5 heteroatoms. The molecule has 4 nitrogen and oxygen atoms in total. The smallest absolute Gasteiger partial charge is 0.170 e. The summed E-state index contributed by atoms with van der Waals surface area (Å²) >= 11 is 3.34. The second kappa shape index (κ2) is 6.48. The molecule has 0 aliphatic heterocycles. The number of aliphatic hydroxyl groups is 1. The first-order chi connectivity index (χ1) is 10.3. The highest BCUT2D eigenvalue weighted by Gasteiger charge is 2.37. The van der Waals surface area contributed by atoms with Crippen LogP contribution >= 0.6 is 15.9 Å². The number of hydrogen-bond acceptors (Lipinski definition) is 4. The van der Waals surface area contributed by atoms with Crippen molar-refractivity contribution in [2.24, 2.45) is 5.41 Å². The van der Waals surface area contributed by atoms with Gasteiger partial charge < -0.3 is 10.4 Å². The molecule has 0 unspecified atom stereocenters. The molecule has 1 aliphatic carbocycles. The van der Waals surface area contributed by atoms with E-state index in [1.165, 1.54) is 12.3 Å². The summed E-state index contributed by atoms with van der Waals surface area (Å²) < 4.78 is 0.966. The average molecular weight is 364 g/mol. The molecule has 1 saturated carbocycles. The Morgan fingerprint density at radius 1 is 1.18 bits per heavy atom. The maximum atomic E-state index is 12.0. The lowest BCUT2D eigenvalue weighted by Crippen LogP contribution is -2.32. The van der Waals surface area contributed by atoms with Gasteiger partial charge in [0.2, 0.25) is 0 Å². The van der Waals surface area contributed by atoms with Crippen LogP contribution in [0.2, 0.25) is 0 Å². The van der Waals surface area contributed by atoms with E-state index in [2.05, 4.69) is 21.2 Å². The van der Waals surface area contributed by atoms with Crippen LogP contribution in [0.4, 0.5) is 5.69 Å². The monoisotopic (exact) mass is 363 g/mol. The van der Waals surface area contributed by atoms with E-state index < -0.39 is 0 Å². The second-order valence-electron chi connectivity index (χ2n) is 6.11. The number of halogens is 1. The molecule has 22 heavy (non-hydrogen) atoms. The second-order valence-corrected chi connectivity index (χ2v) is 7.02. The van der Waals surface area contributed by atoms with E-state index in [0.717, 1.165) is 10.2 Å². The molecule has 1 aromatic carbocycles. The van der Waals surface area contributed by atoms with Crippen molar-refractivity contribution >= 4 is 33.2 Å². The van der Waals surface area contributed by atoms with E-state index in [4.69, 9.17) is 0 Å². The molecule has 0 heterocycles. The van der Waals surface area contributed by atoms with Gasteiger partial charge in [0.25, 0.3) is 0 Å². The molecular formula is C17H18BrNO3. The lowest BCUT2D eigenvalue weighted by atomic mass is 9.74. The van der Waals surface area contributed by atoms with Gasteiger partial charge in [-0.2, -0.15) is 0 Å². The van der Waals surface area contributed by atoms with Crippen molar-refractivity contribution in [3.05, 3.63) is 52.3 Å². The Morgan fingerprint density at radius 3 is 2.27 bits per heavy atom. The number of allylic oxidation sites excluding steroid dienone is 2.